The summed E-state index contributed by atoms with van der Waals surface area (Å²) in [5, 5.41) is -0.164. The SMILES string of the molecule is CCN1C(=O)S/C(=C\c2ccc(OCc3ccc(C(F)(F)F)cc3C(F)(F)F)c(OC)c2)C1=NC. The minimum absolute atomic E-state index is 0.0677. The van der Waals surface area contributed by atoms with E-state index in [2.05, 4.69) is 4.99 Å². The molecule has 0 aromatic heterocycles. The second kappa shape index (κ2) is 10.2. The number of carbonyl (C=O) groups excluding carboxylic acids is 1. The molecule has 1 saturated heterocycles. The van der Waals surface area contributed by atoms with Crippen molar-refractivity contribution in [2.24, 2.45) is 4.99 Å². The maximum Gasteiger partial charge on any atom is 0.416 e. The Kier molecular flexibility index (Phi) is 7.73. The minimum Gasteiger partial charge on any atom is -0.493 e. The first kappa shape index (κ1) is 26.5. The molecule has 1 fully saturated rings. The predicted octanol–water partition coefficient (Wildman–Crippen LogP) is 6.87. The van der Waals surface area contributed by atoms with E-state index in [-0.39, 0.29) is 22.8 Å². The summed E-state index contributed by atoms with van der Waals surface area (Å²) in [4.78, 5) is 18.4. The second-order valence-electron chi connectivity index (χ2n) is 7.23. The molecule has 5 nitrogen and oxygen atoms in total. The van der Waals surface area contributed by atoms with Gasteiger partial charge in [0.2, 0.25) is 0 Å². The van der Waals surface area contributed by atoms with E-state index in [0.717, 1.165) is 17.8 Å². The summed E-state index contributed by atoms with van der Waals surface area (Å²) >= 11 is 1.02. The molecule has 0 radical (unpaired) electrons. The number of hydrogen-bond acceptors (Lipinski definition) is 5. The lowest BCUT2D eigenvalue weighted by Gasteiger charge is -2.17. The van der Waals surface area contributed by atoms with Crippen LogP contribution in [-0.4, -0.2) is 36.7 Å². The summed E-state index contributed by atoms with van der Waals surface area (Å²) in [5.74, 6) is 0.803. The molecule has 1 aliphatic rings. The van der Waals surface area contributed by atoms with E-state index in [1.165, 1.54) is 18.1 Å². The van der Waals surface area contributed by atoms with Gasteiger partial charge in [0.05, 0.1) is 23.1 Å². The number of amidine groups is 1. The van der Waals surface area contributed by atoms with Crippen LogP contribution in [0, 0.1) is 0 Å². The summed E-state index contributed by atoms with van der Waals surface area (Å²) in [6, 6.07) is 6.02. The molecule has 0 spiro atoms. The number of methoxy groups -OCH3 is 1. The third-order valence-electron chi connectivity index (χ3n) is 5.03. The average Bonchev–Trinajstić information content (AvgIpc) is 3.10. The van der Waals surface area contributed by atoms with Gasteiger partial charge in [0.1, 0.15) is 12.4 Å². The van der Waals surface area contributed by atoms with Gasteiger partial charge < -0.3 is 9.47 Å². The molecule has 0 aliphatic carbocycles. The highest BCUT2D eigenvalue weighted by molar-refractivity contribution is 8.18. The van der Waals surface area contributed by atoms with Crippen molar-refractivity contribution in [2.45, 2.75) is 25.9 Å². The van der Waals surface area contributed by atoms with E-state index in [0.29, 0.717) is 28.9 Å². The van der Waals surface area contributed by atoms with Crippen molar-refractivity contribution in [3.8, 4) is 11.5 Å². The molecule has 0 saturated carbocycles. The van der Waals surface area contributed by atoms with Crippen molar-refractivity contribution in [3.63, 3.8) is 0 Å². The smallest absolute Gasteiger partial charge is 0.416 e. The van der Waals surface area contributed by atoms with Crippen LogP contribution in [0.3, 0.4) is 0 Å². The van der Waals surface area contributed by atoms with Crippen LogP contribution in [0.25, 0.3) is 6.08 Å². The fourth-order valence-electron chi connectivity index (χ4n) is 3.36. The standard InChI is InChI=1S/C23H20F6N2O3S/c1-4-31-20(30-2)19(35-21(31)32)10-13-5-8-17(18(9-13)33-3)34-12-14-6-7-15(22(24,25)26)11-16(14)23(27,28)29/h5-11H,4,12H2,1-3H3/b19-10-,30-20?. The van der Waals surface area contributed by atoms with Gasteiger partial charge in [0.25, 0.3) is 5.24 Å². The van der Waals surface area contributed by atoms with E-state index in [9.17, 15) is 31.1 Å². The van der Waals surface area contributed by atoms with Crippen molar-refractivity contribution in [1.82, 2.24) is 4.90 Å². The fourth-order valence-corrected chi connectivity index (χ4v) is 4.36. The Morgan fingerprint density at radius 1 is 1.03 bits per heavy atom. The van der Waals surface area contributed by atoms with Gasteiger partial charge in [-0.3, -0.25) is 14.7 Å². The number of nitrogens with zero attached hydrogens (tertiary/aromatic N) is 2. The van der Waals surface area contributed by atoms with Gasteiger partial charge in [-0.2, -0.15) is 26.3 Å². The monoisotopic (exact) mass is 518 g/mol. The molecule has 3 rings (SSSR count). The third-order valence-corrected chi connectivity index (χ3v) is 5.95. The molecule has 35 heavy (non-hydrogen) atoms. The number of ether oxygens (including phenoxy) is 2. The molecule has 0 atom stereocenters. The van der Waals surface area contributed by atoms with Gasteiger partial charge >= 0.3 is 12.4 Å². The molecule has 2 aromatic rings. The number of carbonyl (C=O) groups is 1. The number of rotatable bonds is 6. The molecule has 1 aliphatic heterocycles. The lowest BCUT2D eigenvalue weighted by atomic mass is 10.0. The van der Waals surface area contributed by atoms with E-state index in [1.807, 2.05) is 6.92 Å². The number of halogens is 6. The predicted molar refractivity (Wildman–Crippen MR) is 120 cm³/mol. The lowest BCUT2D eigenvalue weighted by Crippen LogP contribution is -2.27. The van der Waals surface area contributed by atoms with E-state index < -0.39 is 35.6 Å². The minimum atomic E-state index is -5.00. The van der Waals surface area contributed by atoms with Crippen LogP contribution in [0.15, 0.2) is 46.3 Å². The zero-order chi connectivity index (χ0) is 26.0. The molecule has 0 unspecified atom stereocenters. The Labute approximate surface area is 201 Å². The highest BCUT2D eigenvalue weighted by atomic mass is 32.2. The number of amides is 1. The first-order chi connectivity index (χ1) is 16.4. The molecule has 0 bridgehead atoms. The van der Waals surface area contributed by atoms with E-state index in [1.54, 1.807) is 25.3 Å². The van der Waals surface area contributed by atoms with Crippen LogP contribution in [-0.2, 0) is 19.0 Å². The number of thioether (sulfide) groups is 1. The molecule has 188 valence electrons. The molecule has 1 amide bonds. The van der Waals surface area contributed by atoms with Gasteiger partial charge in [-0.25, -0.2) is 0 Å². The maximum atomic E-state index is 13.4. The van der Waals surface area contributed by atoms with Crippen LogP contribution >= 0.6 is 11.8 Å². The van der Waals surface area contributed by atoms with Crippen LogP contribution in [0.1, 0.15) is 29.2 Å². The summed E-state index contributed by atoms with van der Waals surface area (Å²) in [6.07, 6.45) is -8.20. The Balaban J connectivity index is 1.86. The average molecular weight is 518 g/mol. The summed E-state index contributed by atoms with van der Waals surface area (Å²) in [6.45, 7) is 1.64. The van der Waals surface area contributed by atoms with Crippen LogP contribution in [0.2, 0.25) is 0 Å². The van der Waals surface area contributed by atoms with E-state index >= 15 is 0 Å². The summed E-state index contributed by atoms with van der Waals surface area (Å²) in [7, 11) is 2.91. The van der Waals surface area contributed by atoms with Crippen LogP contribution in [0.4, 0.5) is 31.1 Å². The van der Waals surface area contributed by atoms with Crippen LogP contribution in [0.5, 0.6) is 11.5 Å². The second-order valence-corrected chi connectivity index (χ2v) is 8.23. The molecule has 1 heterocycles. The zero-order valence-electron chi connectivity index (χ0n) is 18.8. The van der Waals surface area contributed by atoms with Crippen molar-refractivity contribution < 1.29 is 40.6 Å². The molecular weight excluding hydrogens is 498 g/mol. The van der Waals surface area contributed by atoms with Crippen molar-refractivity contribution in [3.05, 3.63) is 63.6 Å². The number of likely N-dealkylation sites (N-methyl/N-ethyl adjacent to an activating group) is 1. The molecule has 2 aromatic carbocycles. The Morgan fingerprint density at radius 2 is 1.74 bits per heavy atom. The Morgan fingerprint density at radius 3 is 2.31 bits per heavy atom. The quantitative estimate of drug-likeness (QED) is 0.392. The summed E-state index contributed by atoms with van der Waals surface area (Å²) < 4.78 is 89.5. The van der Waals surface area contributed by atoms with Gasteiger partial charge in [0, 0.05) is 19.2 Å². The zero-order valence-corrected chi connectivity index (χ0v) is 19.6. The number of hydrogen-bond donors (Lipinski definition) is 0. The first-order valence-corrected chi connectivity index (χ1v) is 11.0. The normalized spacial score (nSPS) is 16.9. The topological polar surface area (TPSA) is 51.1 Å². The van der Waals surface area contributed by atoms with Crippen LogP contribution < -0.4 is 9.47 Å². The van der Waals surface area contributed by atoms with Gasteiger partial charge in [0.15, 0.2) is 11.5 Å². The largest absolute Gasteiger partial charge is 0.493 e. The Hall–Kier alpha value is -3.15. The molecule has 0 N–H and O–H groups in total. The Bertz CT molecular complexity index is 1170. The van der Waals surface area contributed by atoms with Gasteiger partial charge in [-0.15, -0.1) is 0 Å². The fraction of sp³-hybridized carbons (Fsp3) is 0.304. The number of alkyl halides is 6. The maximum absolute atomic E-state index is 13.4. The van der Waals surface area contributed by atoms with Gasteiger partial charge in [-0.05, 0) is 54.6 Å². The summed E-state index contributed by atoms with van der Waals surface area (Å²) in [5.41, 5.74) is -2.66. The highest BCUT2D eigenvalue weighted by Crippen LogP contribution is 2.39. The number of aliphatic imine (C=N–C) groups is 1. The number of benzene rings is 2. The van der Waals surface area contributed by atoms with Crippen molar-refractivity contribution in [2.75, 3.05) is 20.7 Å². The lowest BCUT2D eigenvalue weighted by molar-refractivity contribution is -0.143. The molecular formula is C23H20F6N2O3S. The molecule has 12 heteroatoms. The van der Waals surface area contributed by atoms with Crippen molar-refractivity contribution in [1.29, 1.82) is 0 Å². The van der Waals surface area contributed by atoms with E-state index in [4.69, 9.17) is 9.47 Å². The highest BCUT2D eigenvalue weighted by Gasteiger charge is 2.38. The third kappa shape index (κ3) is 5.92. The first-order valence-electron chi connectivity index (χ1n) is 10.1. The van der Waals surface area contributed by atoms with Gasteiger partial charge in [-0.1, -0.05) is 12.1 Å². The van der Waals surface area contributed by atoms with Crippen molar-refractivity contribution >= 4 is 28.9 Å².